The zero-order valence-corrected chi connectivity index (χ0v) is 12.8. The maximum absolute atomic E-state index is 11.7. The fourth-order valence-corrected chi connectivity index (χ4v) is 2.46. The van der Waals surface area contributed by atoms with Gasteiger partial charge in [0.2, 0.25) is 0 Å². The number of carboxylic acids is 1. The summed E-state index contributed by atoms with van der Waals surface area (Å²) in [6, 6.07) is -1.21. The molecule has 1 amide bonds. The van der Waals surface area contributed by atoms with Gasteiger partial charge in [0.15, 0.2) is 0 Å². The number of alkyl carbamates (subject to hydrolysis) is 1. The molecule has 0 aromatic rings. The Labute approximate surface area is 120 Å². The number of nitrogens with one attached hydrogen (secondary N) is 1. The zero-order valence-electron chi connectivity index (χ0n) is 12.8. The Hall–Kier alpha value is -1.30. The highest BCUT2D eigenvalue weighted by Crippen LogP contribution is 2.15. The molecule has 0 bridgehead atoms. The van der Waals surface area contributed by atoms with Crippen LogP contribution in [0, 0.1) is 0 Å². The van der Waals surface area contributed by atoms with Crippen molar-refractivity contribution in [3.8, 4) is 0 Å². The lowest BCUT2D eigenvalue weighted by Crippen LogP contribution is -2.56. The van der Waals surface area contributed by atoms with Crippen molar-refractivity contribution in [3.05, 3.63) is 0 Å². The Kier molecular flexibility index (Phi) is 5.80. The number of likely N-dealkylation sites (tertiary alicyclic amines) is 1. The molecule has 0 aromatic heterocycles. The summed E-state index contributed by atoms with van der Waals surface area (Å²) in [5.41, 5.74) is -0.590. The van der Waals surface area contributed by atoms with Crippen LogP contribution >= 0.6 is 0 Å². The van der Waals surface area contributed by atoms with Gasteiger partial charge in [0.25, 0.3) is 0 Å². The van der Waals surface area contributed by atoms with E-state index in [4.69, 9.17) is 4.74 Å². The molecule has 1 rings (SSSR count). The molecule has 1 heterocycles. The summed E-state index contributed by atoms with van der Waals surface area (Å²) in [6.07, 6.45) is 2.57. The van der Waals surface area contributed by atoms with Crippen molar-refractivity contribution in [1.29, 1.82) is 0 Å². The van der Waals surface area contributed by atoms with Gasteiger partial charge in [-0.2, -0.15) is 0 Å². The third kappa shape index (κ3) is 5.36. The molecule has 0 saturated carbocycles. The van der Waals surface area contributed by atoms with Crippen molar-refractivity contribution >= 4 is 12.1 Å². The first-order chi connectivity index (χ1) is 9.20. The maximum Gasteiger partial charge on any atom is 0.407 e. The van der Waals surface area contributed by atoms with E-state index in [1.165, 1.54) is 0 Å². The van der Waals surface area contributed by atoms with E-state index in [0.717, 1.165) is 32.4 Å². The topological polar surface area (TPSA) is 78.9 Å². The van der Waals surface area contributed by atoms with Gasteiger partial charge in [-0.15, -0.1) is 0 Å². The number of rotatable bonds is 4. The standard InChI is InChI=1S/C14H26N2O4/c1-10(15-13(19)20-14(2,3)4)11(12(17)18)16-8-6-5-7-9-16/h10-11H,5-9H2,1-4H3,(H,15,19)(H,17,18). The molecule has 1 aliphatic heterocycles. The average molecular weight is 286 g/mol. The van der Waals surface area contributed by atoms with Crippen LogP contribution < -0.4 is 5.32 Å². The Morgan fingerprint density at radius 1 is 1.20 bits per heavy atom. The molecule has 116 valence electrons. The molecular formula is C14H26N2O4. The molecule has 6 nitrogen and oxygen atoms in total. The molecule has 1 fully saturated rings. The van der Waals surface area contributed by atoms with E-state index < -0.39 is 29.7 Å². The molecular weight excluding hydrogens is 260 g/mol. The number of hydrogen-bond donors (Lipinski definition) is 2. The number of carbonyl (C=O) groups excluding carboxylic acids is 1. The lowest BCUT2D eigenvalue weighted by molar-refractivity contribution is -0.144. The molecule has 0 radical (unpaired) electrons. The summed E-state index contributed by atoms with van der Waals surface area (Å²) in [7, 11) is 0. The molecule has 1 saturated heterocycles. The van der Waals surface area contributed by atoms with Gasteiger partial charge in [0.05, 0.1) is 6.04 Å². The van der Waals surface area contributed by atoms with E-state index in [0.29, 0.717) is 0 Å². The van der Waals surface area contributed by atoms with Crippen molar-refractivity contribution in [1.82, 2.24) is 10.2 Å². The maximum atomic E-state index is 11.7. The lowest BCUT2D eigenvalue weighted by Gasteiger charge is -2.35. The number of amides is 1. The Bertz CT molecular complexity index is 346. The van der Waals surface area contributed by atoms with Crippen LogP contribution in [0.1, 0.15) is 47.0 Å². The second kappa shape index (κ2) is 6.92. The van der Waals surface area contributed by atoms with Gasteiger partial charge in [-0.25, -0.2) is 4.79 Å². The fourth-order valence-electron chi connectivity index (χ4n) is 2.46. The smallest absolute Gasteiger partial charge is 0.407 e. The minimum atomic E-state index is -0.907. The Morgan fingerprint density at radius 3 is 2.20 bits per heavy atom. The summed E-state index contributed by atoms with van der Waals surface area (Å²) in [6.45, 7) is 8.55. The first-order valence-corrected chi connectivity index (χ1v) is 7.17. The molecule has 20 heavy (non-hydrogen) atoms. The van der Waals surface area contributed by atoms with E-state index >= 15 is 0 Å². The molecule has 2 unspecified atom stereocenters. The highest BCUT2D eigenvalue weighted by molar-refractivity contribution is 5.76. The van der Waals surface area contributed by atoms with Gasteiger partial charge >= 0.3 is 12.1 Å². The van der Waals surface area contributed by atoms with E-state index in [2.05, 4.69) is 5.32 Å². The van der Waals surface area contributed by atoms with Gasteiger partial charge in [0.1, 0.15) is 11.6 Å². The lowest BCUT2D eigenvalue weighted by atomic mass is 10.0. The van der Waals surface area contributed by atoms with Gasteiger partial charge in [-0.1, -0.05) is 6.42 Å². The minimum absolute atomic E-state index is 0.500. The van der Waals surface area contributed by atoms with E-state index in [-0.39, 0.29) is 0 Å². The van der Waals surface area contributed by atoms with Crippen LogP contribution in [0.15, 0.2) is 0 Å². The average Bonchev–Trinajstić information content (AvgIpc) is 2.26. The summed E-state index contributed by atoms with van der Waals surface area (Å²) < 4.78 is 5.16. The first-order valence-electron chi connectivity index (χ1n) is 7.17. The number of carboxylic acid groups (broad SMARTS) is 1. The Balaban J connectivity index is 2.62. The van der Waals surface area contributed by atoms with Crippen molar-refractivity contribution in [2.24, 2.45) is 0 Å². The van der Waals surface area contributed by atoms with Crippen LogP contribution in [0.25, 0.3) is 0 Å². The van der Waals surface area contributed by atoms with Crippen molar-refractivity contribution < 1.29 is 19.4 Å². The summed E-state index contributed by atoms with van der Waals surface area (Å²) >= 11 is 0. The largest absolute Gasteiger partial charge is 0.480 e. The van der Waals surface area contributed by atoms with Crippen LogP contribution in [0.4, 0.5) is 4.79 Å². The Morgan fingerprint density at radius 2 is 1.75 bits per heavy atom. The van der Waals surface area contributed by atoms with Crippen molar-refractivity contribution in [3.63, 3.8) is 0 Å². The third-order valence-corrected chi connectivity index (χ3v) is 3.26. The van der Waals surface area contributed by atoms with Crippen molar-refractivity contribution in [2.75, 3.05) is 13.1 Å². The molecule has 0 spiro atoms. The van der Waals surface area contributed by atoms with Crippen molar-refractivity contribution in [2.45, 2.75) is 64.6 Å². The first kappa shape index (κ1) is 16.8. The third-order valence-electron chi connectivity index (χ3n) is 3.26. The van der Waals surface area contributed by atoms with E-state index in [1.54, 1.807) is 27.7 Å². The minimum Gasteiger partial charge on any atom is -0.480 e. The molecule has 0 aromatic carbocycles. The summed E-state index contributed by atoms with van der Waals surface area (Å²) in [5.74, 6) is -0.907. The summed E-state index contributed by atoms with van der Waals surface area (Å²) in [4.78, 5) is 25.1. The quantitative estimate of drug-likeness (QED) is 0.824. The van der Waals surface area contributed by atoms with Crippen LogP contribution in [0.2, 0.25) is 0 Å². The number of ether oxygens (including phenoxy) is 1. The molecule has 6 heteroatoms. The molecule has 2 N–H and O–H groups in total. The summed E-state index contributed by atoms with van der Waals surface area (Å²) in [5, 5.41) is 12.0. The number of piperidine rings is 1. The predicted molar refractivity (Wildman–Crippen MR) is 75.7 cm³/mol. The monoisotopic (exact) mass is 286 g/mol. The van der Waals surface area contributed by atoms with Crippen LogP contribution in [-0.4, -0.2) is 52.8 Å². The molecule has 1 aliphatic rings. The fraction of sp³-hybridized carbons (Fsp3) is 0.857. The predicted octanol–water partition coefficient (Wildman–Crippen LogP) is 1.84. The molecule has 2 atom stereocenters. The highest BCUT2D eigenvalue weighted by Gasteiger charge is 2.33. The highest BCUT2D eigenvalue weighted by atomic mass is 16.6. The van der Waals surface area contributed by atoms with Gasteiger partial charge in [-0.3, -0.25) is 9.69 Å². The van der Waals surface area contributed by atoms with E-state index in [1.807, 2.05) is 4.90 Å². The second-order valence-electron chi connectivity index (χ2n) is 6.31. The normalized spacial score (nSPS) is 20.0. The SMILES string of the molecule is CC(NC(=O)OC(C)(C)C)C(C(=O)O)N1CCCCC1. The molecule has 0 aliphatic carbocycles. The number of carbonyl (C=O) groups is 2. The van der Waals surface area contributed by atoms with Crippen LogP contribution in [0.5, 0.6) is 0 Å². The van der Waals surface area contributed by atoms with E-state index in [9.17, 15) is 14.7 Å². The zero-order chi connectivity index (χ0) is 15.3. The second-order valence-corrected chi connectivity index (χ2v) is 6.31. The van der Waals surface area contributed by atoms with Gasteiger partial charge < -0.3 is 15.2 Å². The van der Waals surface area contributed by atoms with Crippen LogP contribution in [0.3, 0.4) is 0 Å². The van der Waals surface area contributed by atoms with Crippen LogP contribution in [-0.2, 0) is 9.53 Å². The number of aliphatic carboxylic acids is 1. The number of nitrogens with zero attached hydrogens (tertiary/aromatic N) is 1. The van der Waals surface area contributed by atoms with Gasteiger partial charge in [-0.05, 0) is 53.6 Å². The van der Waals surface area contributed by atoms with Gasteiger partial charge in [0, 0.05) is 0 Å². The number of hydrogen-bond acceptors (Lipinski definition) is 4.